The first kappa shape index (κ1) is 22.3. The highest BCUT2D eigenvalue weighted by atomic mass is 15.2. The van der Waals surface area contributed by atoms with Crippen molar-refractivity contribution in [1.82, 2.24) is 25.1 Å². The van der Waals surface area contributed by atoms with Gasteiger partial charge in [-0.05, 0) is 52.3 Å². The van der Waals surface area contributed by atoms with E-state index in [0.29, 0.717) is 0 Å². The van der Waals surface area contributed by atoms with Crippen LogP contribution in [0.4, 0.5) is 0 Å². The number of nitrogens with one attached hydrogen (secondary N) is 2. The highest BCUT2D eigenvalue weighted by Crippen LogP contribution is 2.20. The molecule has 0 bridgehead atoms. The molecule has 2 N–H and O–H groups in total. The van der Waals surface area contributed by atoms with Gasteiger partial charge in [-0.3, -0.25) is 9.89 Å². The first-order chi connectivity index (χ1) is 14.6. The van der Waals surface area contributed by atoms with Gasteiger partial charge in [-0.2, -0.15) is 0 Å². The zero-order valence-electron chi connectivity index (χ0n) is 18.9. The molecule has 1 aliphatic heterocycles. The van der Waals surface area contributed by atoms with Crippen molar-refractivity contribution in [2.75, 3.05) is 32.7 Å². The number of benzene rings is 1. The largest absolute Gasteiger partial charge is 0.357 e. The zero-order valence-corrected chi connectivity index (χ0v) is 18.9. The van der Waals surface area contributed by atoms with E-state index in [1.807, 2.05) is 6.20 Å². The molecule has 1 aromatic carbocycles. The Labute approximate surface area is 181 Å². The van der Waals surface area contributed by atoms with E-state index >= 15 is 0 Å². The van der Waals surface area contributed by atoms with Gasteiger partial charge >= 0.3 is 0 Å². The predicted octanol–water partition coefficient (Wildman–Crippen LogP) is 3.29. The smallest absolute Gasteiger partial charge is 0.191 e. The molecule has 1 saturated heterocycles. The van der Waals surface area contributed by atoms with Crippen molar-refractivity contribution in [2.45, 2.75) is 58.5 Å². The molecule has 164 valence electrons. The van der Waals surface area contributed by atoms with Gasteiger partial charge in [-0.15, -0.1) is 0 Å². The third kappa shape index (κ3) is 6.59. The Bertz CT molecular complexity index is 774. The summed E-state index contributed by atoms with van der Waals surface area (Å²) in [6.07, 6.45) is 8.78. The lowest BCUT2D eigenvalue weighted by Crippen LogP contribution is -2.49. The average molecular weight is 411 g/mol. The third-order valence-electron chi connectivity index (χ3n) is 5.82. The number of piperidine rings is 1. The minimum absolute atomic E-state index is 0.0920. The van der Waals surface area contributed by atoms with Crippen molar-refractivity contribution in [2.24, 2.45) is 4.99 Å². The topological polar surface area (TPSA) is 57.5 Å². The fourth-order valence-corrected chi connectivity index (χ4v) is 4.00. The average Bonchev–Trinajstić information content (AvgIpc) is 3.20. The van der Waals surface area contributed by atoms with Gasteiger partial charge in [0.1, 0.15) is 5.82 Å². The molecule has 1 fully saturated rings. The quantitative estimate of drug-likeness (QED) is 0.492. The van der Waals surface area contributed by atoms with Crippen LogP contribution in [0, 0.1) is 0 Å². The maximum atomic E-state index is 4.89. The first-order valence-corrected chi connectivity index (χ1v) is 11.4. The molecule has 1 aromatic heterocycles. The number of guanidine groups is 1. The Hall–Kier alpha value is -2.34. The summed E-state index contributed by atoms with van der Waals surface area (Å²) >= 11 is 0. The molecule has 2 aromatic rings. The van der Waals surface area contributed by atoms with Gasteiger partial charge in [0.05, 0.1) is 6.54 Å². The Morgan fingerprint density at radius 1 is 1.10 bits per heavy atom. The Morgan fingerprint density at radius 3 is 2.60 bits per heavy atom. The number of imidazole rings is 1. The molecular formula is C24H38N6. The minimum atomic E-state index is 0.0920. The summed E-state index contributed by atoms with van der Waals surface area (Å²) < 4.78 is 2.22. The van der Waals surface area contributed by atoms with E-state index in [2.05, 4.69) is 82.4 Å². The van der Waals surface area contributed by atoms with Gasteiger partial charge in [-0.25, -0.2) is 4.98 Å². The standard InChI is InChI=1S/C24H38N6/c1-4-25-23(28-20-24(2,3)30-16-9-6-10-17-30)27-14-13-22-26-15-18-29(22)19-21-11-7-5-8-12-21/h5,7-8,11-12,15,18H,4,6,9-10,13-14,16-17,19-20H2,1-3H3,(H2,25,27,28). The summed E-state index contributed by atoms with van der Waals surface area (Å²) in [5.74, 6) is 1.99. The number of rotatable bonds is 9. The molecule has 0 saturated carbocycles. The van der Waals surface area contributed by atoms with E-state index in [0.717, 1.165) is 44.4 Å². The van der Waals surface area contributed by atoms with E-state index in [4.69, 9.17) is 4.99 Å². The molecule has 1 aliphatic rings. The summed E-state index contributed by atoms with van der Waals surface area (Å²) in [6, 6.07) is 10.5. The number of nitrogens with zero attached hydrogens (tertiary/aromatic N) is 4. The molecule has 6 nitrogen and oxygen atoms in total. The molecule has 2 heterocycles. The Balaban J connectivity index is 1.52. The van der Waals surface area contributed by atoms with E-state index in [1.165, 1.54) is 37.9 Å². The second kappa shape index (κ2) is 11.2. The highest BCUT2D eigenvalue weighted by molar-refractivity contribution is 5.79. The molecule has 0 spiro atoms. The highest BCUT2D eigenvalue weighted by Gasteiger charge is 2.27. The number of likely N-dealkylation sites (tertiary alicyclic amines) is 1. The second-order valence-electron chi connectivity index (χ2n) is 8.69. The lowest BCUT2D eigenvalue weighted by atomic mass is 9.99. The van der Waals surface area contributed by atoms with Gasteiger partial charge in [-0.1, -0.05) is 36.8 Å². The first-order valence-electron chi connectivity index (χ1n) is 11.4. The van der Waals surface area contributed by atoms with Gasteiger partial charge < -0.3 is 15.2 Å². The maximum absolute atomic E-state index is 4.89. The van der Waals surface area contributed by atoms with Crippen molar-refractivity contribution >= 4 is 5.96 Å². The van der Waals surface area contributed by atoms with Crippen LogP contribution in [-0.4, -0.2) is 58.7 Å². The third-order valence-corrected chi connectivity index (χ3v) is 5.82. The molecule has 0 atom stereocenters. The monoisotopic (exact) mass is 410 g/mol. The van der Waals surface area contributed by atoms with Crippen molar-refractivity contribution in [3.63, 3.8) is 0 Å². The fraction of sp³-hybridized carbons (Fsp3) is 0.583. The SMILES string of the molecule is CCNC(=NCC(C)(C)N1CCCCC1)NCCc1nccn1Cc1ccccc1. The van der Waals surface area contributed by atoms with E-state index in [1.54, 1.807) is 0 Å². The van der Waals surface area contributed by atoms with Crippen LogP contribution >= 0.6 is 0 Å². The molecule has 0 amide bonds. The predicted molar refractivity (Wildman–Crippen MR) is 125 cm³/mol. The lowest BCUT2D eigenvalue weighted by molar-refractivity contribution is 0.102. The number of aromatic nitrogens is 2. The van der Waals surface area contributed by atoms with Gasteiger partial charge in [0.2, 0.25) is 0 Å². The summed E-state index contributed by atoms with van der Waals surface area (Å²) in [7, 11) is 0. The molecule has 0 aliphatic carbocycles. The van der Waals surface area contributed by atoms with Gasteiger partial charge in [0, 0.05) is 44.0 Å². The number of hydrogen-bond acceptors (Lipinski definition) is 3. The van der Waals surface area contributed by atoms with Crippen LogP contribution < -0.4 is 10.6 Å². The van der Waals surface area contributed by atoms with Crippen molar-refractivity contribution < 1.29 is 0 Å². The lowest BCUT2D eigenvalue weighted by Gasteiger charge is -2.40. The number of aliphatic imine (C=N–C) groups is 1. The van der Waals surface area contributed by atoms with Gasteiger partial charge in [0.15, 0.2) is 5.96 Å². The Morgan fingerprint density at radius 2 is 1.87 bits per heavy atom. The van der Waals surface area contributed by atoms with Crippen molar-refractivity contribution in [1.29, 1.82) is 0 Å². The van der Waals surface area contributed by atoms with Crippen LogP contribution in [0.5, 0.6) is 0 Å². The second-order valence-corrected chi connectivity index (χ2v) is 8.69. The van der Waals surface area contributed by atoms with E-state index < -0.39 is 0 Å². The molecule has 0 radical (unpaired) electrons. The summed E-state index contributed by atoms with van der Waals surface area (Å²) in [4.78, 5) is 12.0. The van der Waals surface area contributed by atoms with E-state index in [9.17, 15) is 0 Å². The molecule has 3 rings (SSSR count). The summed E-state index contributed by atoms with van der Waals surface area (Å²) in [5.41, 5.74) is 1.38. The van der Waals surface area contributed by atoms with Crippen LogP contribution in [0.3, 0.4) is 0 Å². The zero-order chi connectivity index (χ0) is 21.2. The number of hydrogen-bond donors (Lipinski definition) is 2. The fourth-order valence-electron chi connectivity index (χ4n) is 4.00. The summed E-state index contributed by atoms with van der Waals surface area (Å²) in [5, 5.41) is 6.88. The van der Waals surface area contributed by atoms with Crippen LogP contribution in [0.15, 0.2) is 47.7 Å². The van der Waals surface area contributed by atoms with E-state index in [-0.39, 0.29) is 5.54 Å². The maximum Gasteiger partial charge on any atom is 0.191 e. The molecule has 6 heteroatoms. The van der Waals surface area contributed by atoms with Gasteiger partial charge in [0.25, 0.3) is 0 Å². The Kier molecular flexibility index (Phi) is 8.31. The molecule has 30 heavy (non-hydrogen) atoms. The van der Waals surface area contributed by atoms with Crippen molar-refractivity contribution in [3.05, 3.63) is 54.1 Å². The van der Waals surface area contributed by atoms with Crippen LogP contribution in [0.25, 0.3) is 0 Å². The van der Waals surface area contributed by atoms with Crippen LogP contribution in [0.1, 0.15) is 51.4 Å². The van der Waals surface area contributed by atoms with Crippen LogP contribution in [0.2, 0.25) is 0 Å². The molecule has 0 unspecified atom stereocenters. The minimum Gasteiger partial charge on any atom is -0.357 e. The molecular weight excluding hydrogens is 372 g/mol. The summed E-state index contributed by atoms with van der Waals surface area (Å²) in [6.45, 7) is 12.4. The normalized spacial score (nSPS) is 15.9. The van der Waals surface area contributed by atoms with Crippen molar-refractivity contribution in [3.8, 4) is 0 Å². The van der Waals surface area contributed by atoms with Crippen LogP contribution in [-0.2, 0) is 13.0 Å².